The van der Waals surface area contributed by atoms with Crippen molar-refractivity contribution >= 4 is 35.0 Å². The van der Waals surface area contributed by atoms with Crippen molar-refractivity contribution in [2.24, 2.45) is 5.73 Å². The monoisotopic (exact) mass is 291 g/mol. The molecular formula is C13H10ClN3O3. The number of anilines is 2. The van der Waals surface area contributed by atoms with Gasteiger partial charge in [-0.2, -0.15) is 0 Å². The number of carboxylic acids is 1. The zero-order valence-corrected chi connectivity index (χ0v) is 10.9. The number of nitrogens with two attached hydrogens (primary N) is 1. The second kappa shape index (κ2) is 5.58. The van der Waals surface area contributed by atoms with Crippen LogP contribution in [0.2, 0.25) is 5.02 Å². The summed E-state index contributed by atoms with van der Waals surface area (Å²) in [6.45, 7) is 0. The normalized spacial score (nSPS) is 10.1. The number of rotatable bonds is 4. The van der Waals surface area contributed by atoms with Crippen LogP contribution in [-0.2, 0) is 0 Å². The van der Waals surface area contributed by atoms with Crippen molar-refractivity contribution in [3.63, 3.8) is 0 Å². The Kier molecular flexibility index (Phi) is 3.86. The van der Waals surface area contributed by atoms with Crippen LogP contribution in [0.15, 0.2) is 36.5 Å². The molecule has 0 aliphatic carbocycles. The highest BCUT2D eigenvalue weighted by Gasteiger charge is 2.10. The van der Waals surface area contributed by atoms with Crippen molar-refractivity contribution in [3.05, 3.63) is 52.7 Å². The van der Waals surface area contributed by atoms with E-state index in [2.05, 4.69) is 10.3 Å². The quantitative estimate of drug-likeness (QED) is 0.801. The molecule has 0 unspecified atom stereocenters. The van der Waals surface area contributed by atoms with Crippen molar-refractivity contribution in [2.75, 3.05) is 5.32 Å². The summed E-state index contributed by atoms with van der Waals surface area (Å²) in [6.07, 6.45) is 1.24. The average Bonchev–Trinajstić information content (AvgIpc) is 2.41. The molecule has 6 nitrogen and oxygen atoms in total. The summed E-state index contributed by atoms with van der Waals surface area (Å²) in [5.41, 5.74) is 6.02. The van der Waals surface area contributed by atoms with Crippen molar-refractivity contribution < 1.29 is 14.7 Å². The van der Waals surface area contributed by atoms with E-state index in [0.29, 0.717) is 17.1 Å². The standard InChI is InChI=1S/C13H10ClN3O3/c14-10-6-16-11(5-9(10)13(19)20)17-8-3-1-2-7(4-8)12(15)18/h1-6H,(H2,15,18)(H,16,17)(H,19,20). The maximum atomic E-state index is 11.1. The molecule has 1 amide bonds. The molecular weight excluding hydrogens is 282 g/mol. The Hall–Kier alpha value is -2.60. The SMILES string of the molecule is NC(=O)c1cccc(Nc2cc(C(=O)O)c(Cl)cn2)c1. The molecule has 20 heavy (non-hydrogen) atoms. The summed E-state index contributed by atoms with van der Waals surface area (Å²) in [6, 6.07) is 7.77. The lowest BCUT2D eigenvalue weighted by Gasteiger charge is -2.08. The van der Waals surface area contributed by atoms with Gasteiger partial charge < -0.3 is 16.2 Å². The molecule has 0 saturated carbocycles. The lowest BCUT2D eigenvalue weighted by Crippen LogP contribution is -2.11. The lowest BCUT2D eigenvalue weighted by molar-refractivity contribution is 0.0696. The zero-order chi connectivity index (χ0) is 14.7. The van der Waals surface area contributed by atoms with Gasteiger partial charge in [0, 0.05) is 17.4 Å². The number of aromatic carboxylic acids is 1. The highest BCUT2D eigenvalue weighted by atomic mass is 35.5. The highest BCUT2D eigenvalue weighted by Crippen LogP contribution is 2.21. The number of hydrogen-bond donors (Lipinski definition) is 3. The van der Waals surface area contributed by atoms with E-state index in [1.807, 2.05) is 0 Å². The predicted octanol–water partition coefficient (Wildman–Crippen LogP) is 2.28. The minimum atomic E-state index is -1.15. The molecule has 0 spiro atoms. The summed E-state index contributed by atoms with van der Waals surface area (Å²) in [5.74, 6) is -1.40. The van der Waals surface area contributed by atoms with Crippen molar-refractivity contribution in [2.45, 2.75) is 0 Å². The van der Waals surface area contributed by atoms with Crippen LogP contribution in [0.25, 0.3) is 0 Å². The van der Waals surface area contributed by atoms with E-state index in [1.165, 1.54) is 12.3 Å². The molecule has 7 heteroatoms. The molecule has 102 valence electrons. The van der Waals surface area contributed by atoms with E-state index in [-0.39, 0.29) is 10.6 Å². The van der Waals surface area contributed by atoms with Gasteiger partial charge in [-0.1, -0.05) is 17.7 Å². The summed E-state index contributed by atoms with van der Waals surface area (Å²) in [4.78, 5) is 26.0. The van der Waals surface area contributed by atoms with Gasteiger partial charge in [-0.3, -0.25) is 4.79 Å². The Bertz CT molecular complexity index is 688. The van der Waals surface area contributed by atoms with Crippen LogP contribution in [0.3, 0.4) is 0 Å². The summed E-state index contributed by atoms with van der Waals surface area (Å²) in [5, 5.41) is 11.9. The minimum absolute atomic E-state index is 0.0499. The van der Waals surface area contributed by atoms with Crippen LogP contribution in [-0.4, -0.2) is 22.0 Å². The number of nitrogens with one attached hydrogen (secondary N) is 1. The number of carboxylic acid groups (broad SMARTS) is 1. The Morgan fingerprint density at radius 3 is 2.70 bits per heavy atom. The van der Waals surface area contributed by atoms with Crippen molar-refractivity contribution in [1.29, 1.82) is 0 Å². The maximum absolute atomic E-state index is 11.1. The average molecular weight is 292 g/mol. The van der Waals surface area contributed by atoms with Gasteiger partial charge in [0.25, 0.3) is 0 Å². The van der Waals surface area contributed by atoms with Gasteiger partial charge in [0.2, 0.25) is 5.91 Å². The van der Waals surface area contributed by atoms with Gasteiger partial charge in [0.15, 0.2) is 0 Å². The van der Waals surface area contributed by atoms with Crippen molar-refractivity contribution in [1.82, 2.24) is 4.98 Å². The Balaban J connectivity index is 2.30. The molecule has 0 fully saturated rings. The second-order valence-corrected chi connectivity index (χ2v) is 4.33. The second-order valence-electron chi connectivity index (χ2n) is 3.92. The number of hydrogen-bond acceptors (Lipinski definition) is 4. The smallest absolute Gasteiger partial charge is 0.337 e. The Morgan fingerprint density at radius 1 is 1.30 bits per heavy atom. The number of carbonyl (C=O) groups is 2. The van der Waals surface area contributed by atoms with E-state index in [9.17, 15) is 9.59 Å². The zero-order valence-electron chi connectivity index (χ0n) is 10.1. The molecule has 2 aromatic rings. The molecule has 0 saturated heterocycles. The van der Waals surface area contributed by atoms with Gasteiger partial charge >= 0.3 is 5.97 Å². The van der Waals surface area contributed by atoms with Crippen LogP contribution in [0.5, 0.6) is 0 Å². The number of benzene rings is 1. The van der Waals surface area contributed by atoms with Crippen LogP contribution in [0.1, 0.15) is 20.7 Å². The summed E-state index contributed by atoms with van der Waals surface area (Å²) >= 11 is 5.73. The number of halogens is 1. The number of carbonyl (C=O) groups excluding carboxylic acids is 1. The third-order valence-corrected chi connectivity index (χ3v) is 2.81. The number of aromatic nitrogens is 1. The van der Waals surface area contributed by atoms with Gasteiger partial charge in [-0.15, -0.1) is 0 Å². The van der Waals surface area contributed by atoms with Crippen LogP contribution < -0.4 is 11.1 Å². The topological polar surface area (TPSA) is 105 Å². The van der Waals surface area contributed by atoms with Gasteiger partial charge in [-0.05, 0) is 24.3 Å². The summed E-state index contributed by atoms with van der Waals surface area (Å²) in [7, 11) is 0. The number of amides is 1. The van der Waals surface area contributed by atoms with Crippen LogP contribution in [0.4, 0.5) is 11.5 Å². The van der Waals surface area contributed by atoms with Gasteiger partial charge in [-0.25, -0.2) is 9.78 Å². The highest BCUT2D eigenvalue weighted by molar-refractivity contribution is 6.33. The molecule has 1 aromatic carbocycles. The number of nitrogens with zero attached hydrogens (tertiary/aromatic N) is 1. The molecule has 0 aliphatic heterocycles. The molecule has 0 atom stereocenters. The van der Waals surface area contributed by atoms with E-state index >= 15 is 0 Å². The molecule has 0 aliphatic rings. The van der Waals surface area contributed by atoms with Gasteiger partial charge in [0.05, 0.1) is 10.6 Å². The number of pyridine rings is 1. The Labute approximate surface area is 119 Å². The van der Waals surface area contributed by atoms with E-state index < -0.39 is 11.9 Å². The fourth-order valence-corrected chi connectivity index (χ4v) is 1.75. The van der Waals surface area contributed by atoms with Crippen molar-refractivity contribution in [3.8, 4) is 0 Å². The summed E-state index contributed by atoms with van der Waals surface area (Å²) < 4.78 is 0. The number of primary amides is 1. The molecule has 1 heterocycles. The largest absolute Gasteiger partial charge is 0.478 e. The minimum Gasteiger partial charge on any atom is -0.478 e. The third-order valence-electron chi connectivity index (χ3n) is 2.51. The van der Waals surface area contributed by atoms with E-state index in [0.717, 1.165) is 0 Å². The molecule has 0 radical (unpaired) electrons. The third kappa shape index (κ3) is 3.04. The lowest BCUT2D eigenvalue weighted by atomic mass is 10.2. The van der Waals surface area contributed by atoms with Crippen LogP contribution >= 0.6 is 11.6 Å². The molecule has 2 rings (SSSR count). The first-order chi connectivity index (χ1) is 9.47. The molecule has 1 aromatic heterocycles. The van der Waals surface area contributed by atoms with Gasteiger partial charge in [0.1, 0.15) is 5.82 Å². The fraction of sp³-hybridized carbons (Fsp3) is 0. The first-order valence-electron chi connectivity index (χ1n) is 5.53. The van der Waals surface area contributed by atoms with E-state index in [4.69, 9.17) is 22.4 Å². The fourth-order valence-electron chi connectivity index (χ4n) is 1.57. The first kappa shape index (κ1) is 13.8. The molecule has 4 N–H and O–H groups in total. The predicted molar refractivity (Wildman–Crippen MR) is 74.4 cm³/mol. The Morgan fingerprint density at radius 2 is 2.05 bits per heavy atom. The first-order valence-corrected chi connectivity index (χ1v) is 5.91. The van der Waals surface area contributed by atoms with E-state index in [1.54, 1.807) is 24.3 Å². The maximum Gasteiger partial charge on any atom is 0.337 e. The molecule has 0 bridgehead atoms. The van der Waals surface area contributed by atoms with Crippen LogP contribution in [0, 0.1) is 0 Å².